The smallest absolute Gasteiger partial charge is 0.220 e. The number of rotatable bonds is 3. The maximum atomic E-state index is 11.8. The summed E-state index contributed by atoms with van der Waals surface area (Å²) in [4.78, 5) is 11.8. The van der Waals surface area contributed by atoms with Gasteiger partial charge in [0.1, 0.15) is 0 Å². The fourth-order valence-electron chi connectivity index (χ4n) is 2.81. The molecule has 1 fully saturated rings. The van der Waals surface area contributed by atoms with E-state index in [4.69, 9.17) is 0 Å². The van der Waals surface area contributed by atoms with Crippen LogP contribution in [0, 0.1) is 5.92 Å². The van der Waals surface area contributed by atoms with Crippen LogP contribution >= 0.6 is 0 Å². The average molecular weight is 221 g/mol. The highest BCUT2D eigenvalue weighted by Crippen LogP contribution is 2.21. The topological polar surface area (TPSA) is 29.1 Å². The Morgan fingerprint density at radius 1 is 1.12 bits per heavy atom. The molecule has 0 heterocycles. The Morgan fingerprint density at radius 2 is 1.88 bits per heavy atom. The van der Waals surface area contributed by atoms with E-state index in [0.717, 1.165) is 12.8 Å². The third kappa shape index (κ3) is 3.66. The molecule has 90 valence electrons. The number of nitrogens with one attached hydrogen (secondary N) is 1. The zero-order chi connectivity index (χ0) is 11.2. The van der Waals surface area contributed by atoms with Crippen LogP contribution < -0.4 is 5.32 Å². The van der Waals surface area contributed by atoms with Gasteiger partial charge in [-0.05, 0) is 31.6 Å². The number of carbonyl (C=O) groups excluding carboxylic acids is 1. The predicted octanol–water partition coefficient (Wildman–Crippen LogP) is 3.18. The molecule has 0 aliphatic heterocycles. The molecule has 0 saturated heterocycles. The van der Waals surface area contributed by atoms with Gasteiger partial charge in [0.2, 0.25) is 5.91 Å². The standard InChI is InChI=1S/C14H23NO/c16-14(11-12-7-5-6-8-12)15-13-9-3-1-2-4-10-13/h5,7,12-13H,1-4,6,8-11H2,(H,15,16)/t12-/m0/s1. The molecule has 1 saturated carbocycles. The van der Waals surface area contributed by atoms with Gasteiger partial charge in [-0.25, -0.2) is 0 Å². The van der Waals surface area contributed by atoms with E-state index in [1.165, 1.54) is 38.5 Å². The van der Waals surface area contributed by atoms with E-state index >= 15 is 0 Å². The highest BCUT2D eigenvalue weighted by molar-refractivity contribution is 5.76. The van der Waals surface area contributed by atoms with Gasteiger partial charge in [0.05, 0.1) is 0 Å². The van der Waals surface area contributed by atoms with Gasteiger partial charge in [-0.1, -0.05) is 37.8 Å². The first-order chi connectivity index (χ1) is 7.84. The molecule has 0 radical (unpaired) electrons. The van der Waals surface area contributed by atoms with Crippen LogP contribution in [0.2, 0.25) is 0 Å². The molecule has 1 amide bonds. The van der Waals surface area contributed by atoms with Crippen molar-refractivity contribution in [3.05, 3.63) is 12.2 Å². The average Bonchev–Trinajstić information content (AvgIpc) is 2.62. The Balaban J connectivity index is 1.70. The van der Waals surface area contributed by atoms with Crippen LogP contribution in [0.4, 0.5) is 0 Å². The number of carbonyl (C=O) groups is 1. The SMILES string of the molecule is O=C(C[C@H]1C=CCC1)NC1CCCCCC1. The minimum Gasteiger partial charge on any atom is -0.353 e. The molecule has 1 atom stereocenters. The summed E-state index contributed by atoms with van der Waals surface area (Å²) in [6.07, 6.45) is 15.1. The second kappa shape index (κ2) is 6.07. The Kier molecular flexibility index (Phi) is 4.44. The first kappa shape index (κ1) is 11.7. The van der Waals surface area contributed by atoms with Crippen molar-refractivity contribution in [2.24, 2.45) is 5.92 Å². The van der Waals surface area contributed by atoms with Crippen molar-refractivity contribution in [2.45, 2.75) is 63.8 Å². The normalized spacial score (nSPS) is 26.6. The van der Waals surface area contributed by atoms with Crippen LogP contribution in [-0.2, 0) is 4.79 Å². The van der Waals surface area contributed by atoms with Crippen molar-refractivity contribution >= 4 is 5.91 Å². The third-order valence-corrected chi connectivity index (χ3v) is 3.78. The lowest BCUT2D eigenvalue weighted by molar-refractivity contribution is -0.122. The Bertz CT molecular complexity index is 251. The Hall–Kier alpha value is -0.790. The lowest BCUT2D eigenvalue weighted by Gasteiger charge is -2.17. The molecular weight excluding hydrogens is 198 g/mol. The molecule has 0 bridgehead atoms. The highest BCUT2D eigenvalue weighted by atomic mass is 16.1. The van der Waals surface area contributed by atoms with E-state index in [0.29, 0.717) is 18.4 Å². The van der Waals surface area contributed by atoms with Crippen molar-refractivity contribution in [3.63, 3.8) is 0 Å². The van der Waals surface area contributed by atoms with E-state index in [-0.39, 0.29) is 5.91 Å². The van der Waals surface area contributed by atoms with Gasteiger partial charge in [0.15, 0.2) is 0 Å². The van der Waals surface area contributed by atoms with E-state index in [1.807, 2.05) is 0 Å². The van der Waals surface area contributed by atoms with Crippen molar-refractivity contribution in [1.82, 2.24) is 5.32 Å². The fraction of sp³-hybridized carbons (Fsp3) is 0.786. The molecule has 2 nitrogen and oxygen atoms in total. The summed E-state index contributed by atoms with van der Waals surface area (Å²) in [5, 5.41) is 3.21. The zero-order valence-electron chi connectivity index (χ0n) is 10.1. The molecule has 0 unspecified atom stereocenters. The lowest BCUT2D eigenvalue weighted by Crippen LogP contribution is -2.35. The van der Waals surface area contributed by atoms with Gasteiger partial charge in [-0.3, -0.25) is 4.79 Å². The van der Waals surface area contributed by atoms with E-state index in [1.54, 1.807) is 0 Å². The summed E-state index contributed by atoms with van der Waals surface area (Å²) in [5.74, 6) is 0.772. The number of amides is 1. The largest absolute Gasteiger partial charge is 0.353 e. The van der Waals surface area contributed by atoms with Gasteiger partial charge in [-0.2, -0.15) is 0 Å². The van der Waals surface area contributed by atoms with Crippen molar-refractivity contribution in [1.29, 1.82) is 0 Å². The van der Waals surface area contributed by atoms with Gasteiger partial charge >= 0.3 is 0 Å². The van der Waals surface area contributed by atoms with Crippen LogP contribution in [0.5, 0.6) is 0 Å². The fourth-order valence-corrected chi connectivity index (χ4v) is 2.81. The summed E-state index contributed by atoms with van der Waals surface area (Å²) >= 11 is 0. The molecule has 1 N–H and O–H groups in total. The summed E-state index contributed by atoms with van der Waals surface area (Å²) in [6.45, 7) is 0. The van der Waals surface area contributed by atoms with Crippen LogP contribution in [0.1, 0.15) is 57.8 Å². The molecule has 2 aliphatic rings. The summed E-state index contributed by atoms with van der Waals surface area (Å²) in [5.41, 5.74) is 0. The third-order valence-electron chi connectivity index (χ3n) is 3.78. The molecule has 2 heteroatoms. The summed E-state index contributed by atoms with van der Waals surface area (Å²) in [6, 6.07) is 0.459. The lowest BCUT2D eigenvalue weighted by atomic mass is 10.0. The van der Waals surface area contributed by atoms with E-state index in [9.17, 15) is 4.79 Å². The zero-order valence-corrected chi connectivity index (χ0v) is 10.1. The van der Waals surface area contributed by atoms with Crippen LogP contribution in [0.3, 0.4) is 0 Å². The molecule has 16 heavy (non-hydrogen) atoms. The van der Waals surface area contributed by atoms with Crippen molar-refractivity contribution in [3.8, 4) is 0 Å². The molecule has 0 aromatic carbocycles. The van der Waals surface area contributed by atoms with E-state index < -0.39 is 0 Å². The quantitative estimate of drug-likeness (QED) is 0.575. The van der Waals surface area contributed by atoms with Crippen molar-refractivity contribution < 1.29 is 4.79 Å². The van der Waals surface area contributed by atoms with Gasteiger partial charge in [0, 0.05) is 12.5 Å². The highest BCUT2D eigenvalue weighted by Gasteiger charge is 2.18. The molecule has 2 rings (SSSR count). The second-order valence-corrected chi connectivity index (χ2v) is 5.23. The first-order valence-electron chi connectivity index (χ1n) is 6.80. The Labute approximate surface area is 98.5 Å². The number of hydrogen-bond acceptors (Lipinski definition) is 1. The monoisotopic (exact) mass is 221 g/mol. The van der Waals surface area contributed by atoms with E-state index in [2.05, 4.69) is 17.5 Å². The number of allylic oxidation sites excluding steroid dienone is 2. The van der Waals surface area contributed by atoms with Crippen LogP contribution in [0.15, 0.2) is 12.2 Å². The molecule has 0 spiro atoms. The molecule has 0 aromatic heterocycles. The minimum atomic E-state index is 0.267. The maximum absolute atomic E-state index is 11.8. The van der Waals surface area contributed by atoms with Crippen LogP contribution in [0.25, 0.3) is 0 Å². The van der Waals surface area contributed by atoms with Gasteiger partial charge in [0.25, 0.3) is 0 Å². The summed E-state index contributed by atoms with van der Waals surface area (Å²) in [7, 11) is 0. The molecule has 0 aromatic rings. The summed E-state index contributed by atoms with van der Waals surface area (Å²) < 4.78 is 0. The molecular formula is C14H23NO. The van der Waals surface area contributed by atoms with Crippen LogP contribution in [-0.4, -0.2) is 11.9 Å². The molecule has 2 aliphatic carbocycles. The number of hydrogen-bond donors (Lipinski definition) is 1. The maximum Gasteiger partial charge on any atom is 0.220 e. The predicted molar refractivity (Wildman–Crippen MR) is 66.1 cm³/mol. The first-order valence-corrected chi connectivity index (χ1v) is 6.80. The Morgan fingerprint density at radius 3 is 2.50 bits per heavy atom. The van der Waals surface area contributed by atoms with Crippen molar-refractivity contribution in [2.75, 3.05) is 0 Å². The van der Waals surface area contributed by atoms with Gasteiger partial charge < -0.3 is 5.32 Å². The second-order valence-electron chi connectivity index (χ2n) is 5.23. The van der Waals surface area contributed by atoms with Gasteiger partial charge in [-0.15, -0.1) is 0 Å². The minimum absolute atomic E-state index is 0.267.